The van der Waals surface area contributed by atoms with Crippen molar-refractivity contribution in [1.82, 2.24) is 20.2 Å². The van der Waals surface area contributed by atoms with E-state index in [1.54, 1.807) is 6.20 Å². The summed E-state index contributed by atoms with van der Waals surface area (Å²) < 4.78 is 0. The summed E-state index contributed by atoms with van der Waals surface area (Å²) in [5.74, 6) is 2.74. The fraction of sp³-hybridized carbons (Fsp3) is 0.421. The molecule has 0 atom stereocenters. The van der Waals surface area contributed by atoms with E-state index < -0.39 is 0 Å². The molecule has 3 heterocycles. The number of aliphatic hydroxyl groups excluding tert-OH is 1. The quantitative estimate of drug-likeness (QED) is 0.562. The van der Waals surface area contributed by atoms with Gasteiger partial charge in [0.05, 0.1) is 5.52 Å². The van der Waals surface area contributed by atoms with Crippen molar-refractivity contribution in [2.24, 2.45) is 5.92 Å². The zero-order valence-electron chi connectivity index (χ0n) is 14.9. The molecule has 0 spiro atoms. The van der Waals surface area contributed by atoms with Crippen LogP contribution in [0.15, 0.2) is 30.5 Å². The van der Waals surface area contributed by atoms with Gasteiger partial charge in [0.15, 0.2) is 5.82 Å². The van der Waals surface area contributed by atoms with Crippen molar-refractivity contribution in [1.29, 1.82) is 0 Å². The zero-order chi connectivity index (χ0) is 17.9. The lowest BCUT2D eigenvalue weighted by molar-refractivity contribution is 0.186. The number of H-pyrrole nitrogens is 1. The second-order valence-electron chi connectivity index (χ2n) is 7.03. The molecule has 3 aromatic heterocycles. The summed E-state index contributed by atoms with van der Waals surface area (Å²) in [6.07, 6.45) is 5.99. The predicted octanol–water partition coefficient (Wildman–Crippen LogP) is 3.37. The van der Waals surface area contributed by atoms with Gasteiger partial charge in [-0.25, -0.2) is 4.98 Å². The summed E-state index contributed by atoms with van der Waals surface area (Å²) in [6.45, 7) is 2.25. The third-order valence-electron chi connectivity index (χ3n) is 5.01. The lowest BCUT2D eigenvalue weighted by atomic mass is 9.86. The average molecular weight is 352 g/mol. The van der Waals surface area contributed by atoms with E-state index in [0.29, 0.717) is 24.4 Å². The Kier molecular flexibility index (Phi) is 4.71. The van der Waals surface area contributed by atoms with Crippen LogP contribution in [0.1, 0.15) is 31.4 Å². The normalized spacial score (nSPS) is 20.2. The van der Waals surface area contributed by atoms with Crippen LogP contribution in [0.4, 0.5) is 17.5 Å². The van der Waals surface area contributed by atoms with Crippen molar-refractivity contribution in [2.45, 2.75) is 38.6 Å². The molecule has 7 nitrogen and oxygen atoms in total. The van der Waals surface area contributed by atoms with E-state index in [-0.39, 0.29) is 0 Å². The number of nitrogens with zero attached hydrogens (tertiary/aromatic N) is 3. The molecule has 1 saturated carbocycles. The summed E-state index contributed by atoms with van der Waals surface area (Å²) in [5, 5.41) is 24.3. The molecule has 26 heavy (non-hydrogen) atoms. The van der Waals surface area contributed by atoms with Crippen LogP contribution in [0.5, 0.6) is 0 Å². The largest absolute Gasteiger partial charge is 0.396 e. The van der Waals surface area contributed by atoms with Gasteiger partial charge in [-0.2, -0.15) is 5.10 Å². The molecule has 0 radical (unpaired) electrons. The molecule has 4 rings (SSSR count). The Morgan fingerprint density at radius 1 is 1.19 bits per heavy atom. The van der Waals surface area contributed by atoms with Crippen molar-refractivity contribution in [3.05, 3.63) is 36.2 Å². The maximum Gasteiger partial charge on any atom is 0.153 e. The molecule has 3 aromatic rings. The molecule has 1 aliphatic carbocycles. The van der Waals surface area contributed by atoms with Gasteiger partial charge >= 0.3 is 0 Å². The monoisotopic (exact) mass is 352 g/mol. The summed E-state index contributed by atoms with van der Waals surface area (Å²) >= 11 is 0. The Hall–Kier alpha value is -2.67. The molecule has 0 saturated heterocycles. The smallest absolute Gasteiger partial charge is 0.153 e. The van der Waals surface area contributed by atoms with Gasteiger partial charge in [0, 0.05) is 42.1 Å². The van der Waals surface area contributed by atoms with Crippen molar-refractivity contribution in [3.63, 3.8) is 0 Å². The number of hydrogen-bond acceptors (Lipinski definition) is 6. The van der Waals surface area contributed by atoms with Gasteiger partial charge in [-0.05, 0) is 50.7 Å². The second kappa shape index (κ2) is 7.29. The summed E-state index contributed by atoms with van der Waals surface area (Å²) in [5.41, 5.74) is 1.88. The molecule has 0 bridgehead atoms. The molecule has 1 aliphatic rings. The van der Waals surface area contributed by atoms with Gasteiger partial charge in [-0.15, -0.1) is 0 Å². The maximum absolute atomic E-state index is 9.33. The number of aromatic nitrogens is 4. The second-order valence-corrected chi connectivity index (χ2v) is 7.03. The van der Waals surface area contributed by atoms with E-state index in [0.717, 1.165) is 53.9 Å². The summed E-state index contributed by atoms with van der Waals surface area (Å²) in [4.78, 5) is 9.26. The Morgan fingerprint density at radius 2 is 2.04 bits per heavy atom. The van der Waals surface area contributed by atoms with Crippen molar-refractivity contribution < 1.29 is 5.11 Å². The van der Waals surface area contributed by atoms with Crippen molar-refractivity contribution in [3.8, 4) is 0 Å². The van der Waals surface area contributed by atoms with Crippen LogP contribution >= 0.6 is 0 Å². The van der Waals surface area contributed by atoms with E-state index in [4.69, 9.17) is 4.98 Å². The van der Waals surface area contributed by atoms with E-state index >= 15 is 0 Å². The van der Waals surface area contributed by atoms with Gasteiger partial charge in [0.25, 0.3) is 0 Å². The minimum absolute atomic E-state index is 0.292. The molecule has 0 aliphatic heterocycles. The maximum atomic E-state index is 9.33. The van der Waals surface area contributed by atoms with Crippen LogP contribution in [0.2, 0.25) is 0 Å². The fourth-order valence-electron chi connectivity index (χ4n) is 3.55. The molecule has 1 fully saturated rings. The number of anilines is 3. The third kappa shape index (κ3) is 3.62. The SMILES string of the molecule is Cc1cc(Nc2cc3ncccc3c(N[C@H]3CC[C@H](CO)CC3)n2)n[nH]1. The molecular formula is C19H24N6O. The fourth-order valence-corrected chi connectivity index (χ4v) is 3.55. The highest BCUT2D eigenvalue weighted by atomic mass is 16.3. The van der Waals surface area contributed by atoms with Gasteiger partial charge in [0.2, 0.25) is 0 Å². The van der Waals surface area contributed by atoms with Crippen molar-refractivity contribution >= 4 is 28.4 Å². The van der Waals surface area contributed by atoms with Crippen LogP contribution < -0.4 is 10.6 Å². The molecule has 7 heteroatoms. The molecule has 0 unspecified atom stereocenters. The molecule has 136 valence electrons. The predicted molar refractivity (Wildman–Crippen MR) is 103 cm³/mol. The lowest BCUT2D eigenvalue weighted by Gasteiger charge is -2.28. The van der Waals surface area contributed by atoms with Gasteiger partial charge in [0.1, 0.15) is 11.6 Å². The molecular weight excluding hydrogens is 328 g/mol. The number of aryl methyl sites for hydroxylation is 1. The number of pyridine rings is 2. The number of nitrogens with one attached hydrogen (secondary N) is 3. The molecule has 4 N–H and O–H groups in total. The standard InChI is InChI=1S/C19H24N6O/c1-12-9-18(25-24-12)22-17-10-16-15(3-2-8-20-16)19(23-17)21-14-6-4-13(11-26)5-7-14/h2-3,8-10,13-14,26H,4-7,11H2,1H3,(H3,21,22,23,24,25)/t13-,14-. The number of rotatable bonds is 5. The van der Waals surface area contributed by atoms with E-state index in [2.05, 4.69) is 25.8 Å². The first-order chi connectivity index (χ1) is 12.7. The van der Waals surface area contributed by atoms with Crippen LogP contribution in [-0.4, -0.2) is 37.9 Å². The highest BCUT2D eigenvalue weighted by Crippen LogP contribution is 2.29. The Morgan fingerprint density at radius 3 is 2.77 bits per heavy atom. The average Bonchev–Trinajstić information content (AvgIpc) is 3.07. The summed E-state index contributed by atoms with van der Waals surface area (Å²) in [6, 6.07) is 8.22. The highest BCUT2D eigenvalue weighted by Gasteiger charge is 2.21. The Balaban J connectivity index is 1.60. The van der Waals surface area contributed by atoms with Gasteiger partial charge < -0.3 is 15.7 Å². The Bertz CT molecular complexity index is 885. The number of aliphatic hydroxyl groups is 1. The number of aromatic amines is 1. The van der Waals surface area contributed by atoms with Crippen LogP contribution in [0.25, 0.3) is 10.9 Å². The van der Waals surface area contributed by atoms with Gasteiger partial charge in [-0.1, -0.05) is 0 Å². The van der Waals surface area contributed by atoms with E-state index in [9.17, 15) is 5.11 Å². The first-order valence-corrected chi connectivity index (χ1v) is 9.13. The molecule has 0 aromatic carbocycles. The number of hydrogen-bond donors (Lipinski definition) is 4. The third-order valence-corrected chi connectivity index (χ3v) is 5.01. The van der Waals surface area contributed by atoms with Crippen LogP contribution in [0.3, 0.4) is 0 Å². The first kappa shape index (κ1) is 16.8. The first-order valence-electron chi connectivity index (χ1n) is 9.13. The van der Waals surface area contributed by atoms with Crippen molar-refractivity contribution in [2.75, 3.05) is 17.2 Å². The zero-order valence-corrected chi connectivity index (χ0v) is 14.9. The number of fused-ring (bicyclic) bond motifs is 1. The minimum atomic E-state index is 0.292. The lowest BCUT2D eigenvalue weighted by Crippen LogP contribution is -2.27. The summed E-state index contributed by atoms with van der Waals surface area (Å²) in [7, 11) is 0. The minimum Gasteiger partial charge on any atom is -0.396 e. The topological polar surface area (TPSA) is 98.8 Å². The molecule has 0 amide bonds. The highest BCUT2D eigenvalue weighted by molar-refractivity contribution is 5.91. The Labute approximate surface area is 152 Å². The van der Waals surface area contributed by atoms with Crippen LogP contribution in [0, 0.1) is 12.8 Å². The van der Waals surface area contributed by atoms with E-state index in [1.165, 1.54) is 0 Å². The van der Waals surface area contributed by atoms with Gasteiger partial charge in [-0.3, -0.25) is 10.1 Å². The van der Waals surface area contributed by atoms with Crippen LogP contribution in [-0.2, 0) is 0 Å². The van der Waals surface area contributed by atoms with E-state index in [1.807, 2.05) is 31.2 Å².